The van der Waals surface area contributed by atoms with Crippen LogP contribution in [0.4, 0.5) is 0 Å². The first-order valence-corrected chi connectivity index (χ1v) is 10.9. The minimum atomic E-state index is -0.171. The van der Waals surface area contributed by atoms with Gasteiger partial charge >= 0.3 is 0 Å². The van der Waals surface area contributed by atoms with Gasteiger partial charge in [-0.15, -0.1) is 0 Å². The van der Waals surface area contributed by atoms with E-state index in [9.17, 15) is 9.59 Å². The normalized spacial score (nSPS) is 11.9. The summed E-state index contributed by atoms with van der Waals surface area (Å²) in [4.78, 5) is 26.7. The van der Waals surface area contributed by atoms with Crippen LogP contribution in [-0.4, -0.2) is 48.9 Å². The van der Waals surface area contributed by atoms with Crippen LogP contribution in [0.5, 0.6) is 0 Å². The summed E-state index contributed by atoms with van der Waals surface area (Å²) < 4.78 is 0.923. The Morgan fingerprint density at radius 1 is 0.966 bits per heavy atom. The van der Waals surface area contributed by atoms with Crippen LogP contribution in [0.1, 0.15) is 36.2 Å². The van der Waals surface area contributed by atoms with E-state index in [0.29, 0.717) is 18.7 Å². The molecule has 0 bridgehead atoms. The molecule has 0 aliphatic rings. The topological polar surface area (TPSA) is 61.4 Å². The SMILES string of the molecule is CCN(CC)C(CNC(=O)CCNC(=O)c1ccc(Br)cc1)Cc1ccccc1. The highest BCUT2D eigenvalue weighted by atomic mass is 79.9. The zero-order chi connectivity index (χ0) is 21.1. The highest BCUT2D eigenvalue weighted by molar-refractivity contribution is 9.10. The largest absolute Gasteiger partial charge is 0.354 e. The van der Waals surface area contributed by atoms with Gasteiger partial charge in [0.05, 0.1) is 0 Å². The number of amides is 2. The van der Waals surface area contributed by atoms with E-state index >= 15 is 0 Å². The molecule has 0 heterocycles. The second kappa shape index (κ2) is 12.4. The molecule has 2 N–H and O–H groups in total. The molecule has 0 saturated carbocycles. The lowest BCUT2D eigenvalue weighted by Gasteiger charge is -2.30. The molecule has 5 nitrogen and oxygen atoms in total. The fourth-order valence-corrected chi connectivity index (χ4v) is 3.53. The van der Waals surface area contributed by atoms with Crippen molar-refractivity contribution in [1.29, 1.82) is 0 Å². The Kier molecular flexibility index (Phi) is 9.88. The highest BCUT2D eigenvalue weighted by Crippen LogP contribution is 2.10. The summed E-state index contributed by atoms with van der Waals surface area (Å²) in [6.45, 7) is 7.06. The van der Waals surface area contributed by atoms with Crippen LogP contribution in [0, 0.1) is 0 Å². The molecule has 0 aliphatic heterocycles. The summed E-state index contributed by atoms with van der Waals surface area (Å²) in [5.74, 6) is -0.221. The molecule has 6 heteroatoms. The molecule has 2 aromatic rings. The van der Waals surface area contributed by atoms with Crippen molar-refractivity contribution in [2.75, 3.05) is 26.2 Å². The Bertz CT molecular complexity index is 761. The van der Waals surface area contributed by atoms with Crippen molar-refractivity contribution >= 4 is 27.7 Å². The van der Waals surface area contributed by atoms with Gasteiger partial charge < -0.3 is 10.6 Å². The maximum atomic E-state index is 12.3. The van der Waals surface area contributed by atoms with Crippen LogP contribution in [0.15, 0.2) is 59.1 Å². The summed E-state index contributed by atoms with van der Waals surface area (Å²) in [5.41, 5.74) is 1.85. The van der Waals surface area contributed by atoms with Crippen molar-refractivity contribution in [2.24, 2.45) is 0 Å². The number of carbonyl (C=O) groups is 2. The fraction of sp³-hybridized carbons (Fsp3) is 0.391. The third kappa shape index (κ3) is 7.99. The number of halogens is 1. The van der Waals surface area contributed by atoms with E-state index in [1.807, 2.05) is 30.3 Å². The Morgan fingerprint density at radius 3 is 2.24 bits per heavy atom. The molecule has 0 aromatic heterocycles. The summed E-state index contributed by atoms with van der Waals surface area (Å²) in [7, 11) is 0. The predicted octanol–water partition coefficient (Wildman–Crippen LogP) is 3.64. The third-order valence-electron chi connectivity index (χ3n) is 4.92. The zero-order valence-electron chi connectivity index (χ0n) is 17.2. The molecule has 0 saturated heterocycles. The van der Waals surface area contributed by atoms with Crippen molar-refractivity contribution in [3.63, 3.8) is 0 Å². The molecule has 1 unspecified atom stereocenters. The second-order valence-electron chi connectivity index (χ2n) is 6.88. The van der Waals surface area contributed by atoms with Gasteiger partial charge in [0.1, 0.15) is 0 Å². The quantitative estimate of drug-likeness (QED) is 0.539. The highest BCUT2D eigenvalue weighted by Gasteiger charge is 2.17. The van der Waals surface area contributed by atoms with Gasteiger partial charge in [0, 0.05) is 35.6 Å². The first kappa shape index (κ1) is 23.1. The number of rotatable bonds is 11. The van der Waals surface area contributed by atoms with E-state index in [1.165, 1.54) is 5.56 Å². The molecule has 0 spiro atoms. The van der Waals surface area contributed by atoms with Gasteiger partial charge in [-0.1, -0.05) is 60.1 Å². The predicted molar refractivity (Wildman–Crippen MR) is 121 cm³/mol. The monoisotopic (exact) mass is 459 g/mol. The van der Waals surface area contributed by atoms with Gasteiger partial charge in [-0.2, -0.15) is 0 Å². The first-order valence-electron chi connectivity index (χ1n) is 10.1. The van der Waals surface area contributed by atoms with Gasteiger partial charge in [0.25, 0.3) is 5.91 Å². The Balaban J connectivity index is 1.79. The van der Waals surface area contributed by atoms with Gasteiger partial charge in [-0.05, 0) is 49.3 Å². The van der Waals surface area contributed by atoms with E-state index in [1.54, 1.807) is 12.1 Å². The molecule has 2 amide bonds. The molecule has 2 aromatic carbocycles. The Labute approximate surface area is 182 Å². The Hall–Kier alpha value is -2.18. The van der Waals surface area contributed by atoms with E-state index in [0.717, 1.165) is 24.0 Å². The van der Waals surface area contributed by atoms with Crippen LogP contribution in [0.2, 0.25) is 0 Å². The summed E-state index contributed by atoms with van der Waals surface area (Å²) in [6.07, 6.45) is 1.15. The van der Waals surface area contributed by atoms with E-state index < -0.39 is 0 Å². The summed E-state index contributed by atoms with van der Waals surface area (Å²) in [6, 6.07) is 17.7. The minimum absolute atomic E-state index is 0.0497. The minimum Gasteiger partial charge on any atom is -0.354 e. The molecule has 0 fully saturated rings. The van der Waals surface area contributed by atoms with E-state index in [4.69, 9.17) is 0 Å². The third-order valence-corrected chi connectivity index (χ3v) is 5.45. The van der Waals surface area contributed by atoms with Crippen LogP contribution in [-0.2, 0) is 11.2 Å². The van der Waals surface area contributed by atoms with Crippen molar-refractivity contribution in [1.82, 2.24) is 15.5 Å². The van der Waals surface area contributed by atoms with Crippen molar-refractivity contribution in [3.05, 3.63) is 70.2 Å². The second-order valence-corrected chi connectivity index (χ2v) is 7.80. The van der Waals surface area contributed by atoms with Crippen LogP contribution in [0.3, 0.4) is 0 Å². The zero-order valence-corrected chi connectivity index (χ0v) is 18.7. The molecule has 0 aliphatic carbocycles. The van der Waals surface area contributed by atoms with Crippen molar-refractivity contribution in [3.8, 4) is 0 Å². The van der Waals surface area contributed by atoms with Gasteiger partial charge in [-0.25, -0.2) is 0 Å². The first-order chi connectivity index (χ1) is 14.0. The standard InChI is InChI=1S/C23H30BrN3O2/c1-3-27(4-2)21(16-18-8-6-5-7-9-18)17-26-22(28)14-15-25-23(29)19-10-12-20(24)13-11-19/h5-13,21H,3-4,14-17H2,1-2H3,(H,25,29)(H,26,28). The maximum Gasteiger partial charge on any atom is 0.251 e. The van der Waals surface area contributed by atoms with Crippen LogP contribution >= 0.6 is 15.9 Å². The molecule has 0 radical (unpaired) electrons. The summed E-state index contributed by atoms with van der Waals surface area (Å²) in [5, 5.41) is 5.83. The lowest BCUT2D eigenvalue weighted by Crippen LogP contribution is -2.45. The van der Waals surface area contributed by atoms with E-state index in [2.05, 4.69) is 57.4 Å². The van der Waals surface area contributed by atoms with Gasteiger partial charge in [0.15, 0.2) is 0 Å². The summed E-state index contributed by atoms with van der Waals surface area (Å²) >= 11 is 3.35. The number of carbonyl (C=O) groups excluding carboxylic acids is 2. The fourth-order valence-electron chi connectivity index (χ4n) is 3.27. The van der Waals surface area contributed by atoms with Crippen molar-refractivity contribution in [2.45, 2.75) is 32.7 Å². The molecule has 156 valence electrons. The number of hydrogen-bond donors (Lipinski definition) is 2. The molecular formula is C23H30BrN3O2. The number of likely N-dealkylation sites (N-methyl/N-ethyl adjacent to an activating group) is 1. The lowest BCUT2D eigenvalue weighted by atomic mass is 10.0. The number of nitrogens with zero attached hydrogens (tertiary/aromatic N) is 1. The van der Waals surface area contributed by atoms with Crippen LogP contribution in [0.25, 0.3) is 0 Å². The maximum absolute atomic E-state index is 12.3. The number of benzene rings is 2. The van der Waals surface area contributed by atoms with Crippen LogP contribution < -0.4 is 10.6 Å². The molecular weight excluding hydrogens is 430 g/mol. The number of nitrogens with one attached hydrogen (secondary N) is 2. The average Bonchev–Trinajstić information content (AvgIpc) is 2.74. The lowest BCUT2D eigenvalue weighted by molar-refractivity contribution is -0.121. The Morgan fingerprint density at radius 2 is 1.62 bits per heavy atom. The molecule has 2 rings (SSSR count). The molecule has 29 heavy (non-hydrogen) atoms. The van der Waals surface area contributed by atoms with Crippen molar-refractivity contribution < 1.29 is 9.59 Å². The molecule has 1 atom stereocenters. The van der Waals surface area contributed by atoms with Gasteiger partial charge in [0.2, 0.25) is 5.91 Å². The van der Waals surface area contributed by atoms with E-state index in [-0.39, 0.29) is 24.3 Å². The number of hydrogen-bond acceptors (Lipinski definition) is 3. The average molecular weight is 460 g/mol. The van der Waals surface area contributed by atoms with Gasteiger partial charge in [-0.3, -0.25) is 14.5 Å². The smallest absolute Gasteiger partial charge is 0.251 e.